The molecule has 0 bridgehead atoms. The molecule has 4 aromatic carbocycles. The molecule has 0 saturated carbocycles. The molecule has 0 heterocycles. The fourth-order valence-corrected chi connectivity index (χ4v) is 5.28. The fraction of sp³-hybridized carbons (Fsp3) is 0.282. The predicted octanol–water partition coefficient (Wildman–Crippen LogP) is 6.56. The van der Waals surface area contributed by atoms with Crippen molar-refractivity contribution in [3.8, 4) is 5.75 Å². The van der Waals surface area contributed by atoms with Crippen molar-refractivity contribution >= 4 is 29.3 Å². The summed E-state index contributed by atoms with van der Waals surface area (Å²) in [5.74, 6) is -2.35. The van der Waals surface area contributed by atoms with Gasteiger partial charge in [-0.1, -0.05) is 35.5 Å². The summed E-state index contributed by atoms with van der Waals surface area (Å²) in [7, 11) is 1.50. The van der Waals surface area contributed by atoms with Gasteiger partial charge in [0.15, 0.2) is 0 Å². The maximum atomic E-state index is 14.3. The molecule has 0 radical (unpaired) electrons. The third-order valence-electron chi connectivity index (χ3n) is 7.78. The summed E-state index contributed by atoms with van der Waals surface area (Å²) < 4.78 is 39.5. The molecule has 13 heteroatoms. The predicted molar refractivity (Wildman–Crippen MR) is 192 cm³/mol. The van der Waals surface area contributed by atoms with E-state index in [0.717, 1.165) is 12.1 Å². The first-order valence-electron chi connectivity index (χ1n) is 16.4. The van der Waals surface area contributed by atoms with Crippen molar-refractivity contribution in [3.63, 3.8) is 0 Å². The summed E-state index contributed by atoms with van der Waals surface area (Å²) in [6.45, 7) is 6.22. The Balaban J connectivity index is 1.68. The minimum atomic E-state index is -1.49. The molecule has 0 saturated heterocycles. The van der Waals surface area contributed by atoms with Crippen LogP contribution in [-0.2, 0) is 17.7 Å². The second-order valence-corrected chi connectivity index (χ2v) is 13.1. The number of halogens is 2. The van der Waals surface area contributed by atoms with Crippen molar-refractivity contribution < 1.29 is 43.0 Å². The lowest BCUT2D eigenvalue weighted by Crippen LogP contribution is -2.51. The van der Waals surface area contributed by atoms with Crippen molar-refractivity contribution in [3.05, 3.63) is 130 Å². The number of nitrogens with one attached hydrogen (secondary N) is 2. The molecular formula is C39H42F2N4O7. The highest BCUT2D eigenvalue weighted by Gasteiger charge is 2.30. The SMILES string of the molecule is COc1cccc(CN(C[C@@H](O)[C@H](Cc2cc(F)cc(F)c2)NC(=O)c2cc(NC(=O)c3ccccc3)cc(/C(C)=N\O)c2)C(=O)OC(C)(C)C)c1. The first-order valence-corrected chi connectivity index (χ1v) is 16.4. The second kappa shape index (κ2) is 17.4. The number of aliphatic hydroxyl groups excluding tert-OH is 1. The van der Waals surface area contributed by atoms with Gasteiger partial charge >= 0.3 is 6.09 Å². The van der Waals surface area contributed by atoms with E-state index in [-0.39, 0.29) is 42.0 Å². The zero-order chi connectivity index (χ0) is 38.0. The Morgan fingerprint density at radius 2 is 1.52 bits per heavy atom. The molecule has 0 aliphatic carbocycles. The Hall–Kier alpha value is -5.82. The van der Waals surface area contributed by atoms with Crippen LogP contribution in [0.15, 0.2) is 96.2 Å². The maximum Gasteiger partial charge on any atom is 0.410 e. The summed E-state index contributed by atoms with van der Waals surface area (Å²) in [5.41, 5.74) is 0.931. The number of amides is 3. The summed E-state index contributed by atoms with van der Waals surface area (Å²) in [5, 5.41) is 29.9. The van der Waals surface area contributed by atoms with Crippen molar-refractivity contribution in [2.24, 2.45) is 5.16 Å². The van der Waals surface area contributed by atoms with Crippen LogP contribution in [0.1, 0.15) is 65.1 Å². The number of benzene rings is 4. The first kappa shape index (κ1) is 39.0. The van der Waals surface area contributed by atoms with E-state index in [2.05, 4.69) is 15.8 Å². The quantitative estimate of drug-likeness (QED) is 0.0695. The largest absolute Gasteiger partial charge is 0.497 e. The smallest absolute Gasteiger partial charge is 0.410 e. The molecule has 274 valence electrons. The van der Waals surface area contributed by atoms with Crippen molar-refractivity contribution in [1.82, 2.24) is 10.2 Å². The molecule has 4 aromatic rings. The molecule has 52 heavy (non-hydrogen) atoms. The Bertz CT molecular complexity index is 1890. The van der Waals surface area contributed by atoms with Gasteiger partial charge in [0.05, 0.1) is 31.5 Å². The molecule has 0 aromatic heterocycles. The van der Waals surface area contributed by atoms with Crippen LogP contribution in [0.3, 0.4) is 0 Å². The fourth-order valence-electron chi connectivity index (χ4n) is 5.28. The van der Waals surface area contributed by atoms with E-state index in [4.69, 9.17) is 9.47 Å². The number of rotatable bonds is 13. The molecule has 11 nitrogen and oxygen atoms in total. The monoisotopic (exact) mass is 716 g/mol. The number of carbonyl (C=O) groups is 3. The normalized spacial score (nSPS) is 12.7. The molecule has 0 aliphatic rings. The average molecular weight is 717 g/mol. The Kier molecular flexibility index (Phi) is 13.0. The molecule has 0 spiro atoms. The molecule has 2 atom stereocenters. The van der Waals surface area contributed by atoms with E-state index in [1.807, 2.05) is 0 Å². The second-order valence-electron chi connectivity index (χ2n) is 13.1. The summed E-state index contributed by atoms with van der Waals surface area (Å²) in [6, 6.07) is 21.3. The lowest BCUT2D eigenvalue weighted by Gasteiger charge is -2.32. The number of ether oxygens (including phenoxy) is 2. The summed E-state index contributed by atoms with van der Waals surface area (Å²) in [4.78, 5) is 41.6. The maximum absolute atomic E-state index is 14.3. The number of hydrogen-bond acceptors (Lipinski definition) is 8. The van der Waals surface area contributed by atoms with Crippen LogP contribution in [0, 0.1) is 11.6 Å². The van der Waals surface area contributed by atoms with Crippen LogP contribution in [0.5, 0.6) is 5.75 Å². The highest BCUT2D eigenvalue weighted by atomic mass is 19.1. The lowest BCUT2D eigenvalue weighted by atomic mass is 9.99. The summed E-state index contributed by atoms with van der Waals surface area (Å²) in [6.07, 6.45) is -2.48. The molecule has 3 amide bonds. The van der Waals surface area contributed by atoms with Gasteiger partial charge in [0.25, 0.3) is 11.8 Å². The van der Waals surface area contributed by atoms with Gasteiger partial charge in [0.2, 0.25) is 0 Å². The number of methoxy groups -OCH3 is 1. The van der Waals surface area contributed by atoms with Gasteiger partial charge in [-0.25, -0.2) is 13.6 Å². The molecule has 0 fully saturated rings. The van der Waals surface area contributed by atoms with Gasteiger partial charge in [0.1, 0.15) is 23.0 Å². The van der Waals surface area contributed by atoms with Gasteiger partial charge < -0.3 is 35.3 Å². The van der Waals surface area contributed by atoms with Crippen LogP contribution >= 0.6 is 0 Å². The molecule has 0 unspecified atom stereocenters. The van der Waals surface area contributed by atoms with E-state index in [0.29, 0.717) is 28.5 Å². The topological polar surface area (TPSA) is 150 Å². The standard InChI is InChI=1S/C39H42F2N4O7/c1-24(44-50)28-18-29(20-32(19-28)42-36(47)27-11-7-6-8-12-27)37(48)43-34(17-26-14-30(40)21-31(41)15-26)35(46)23-45(38(49)52-39(2,3)4)22-25-10-9-13-33(16-25)51-5/h6-16,18-21,34-35,46,50H,17,22-23H2,1-5H3,(H,42,47)(H,43,48)/b44-24-/t34-,35+/m0/s1. The number of nitrogens with zero attached hydrogens (tertiary/aromatic N) is 2. The molecule has 4 rings (SSSR count). The van der Waals surface area contributed by atoms with Gasteiger partial charge in [-0.2, -0.15) is 0 Å². The van der Waals surface area contributed by atoms with Gasteiger partial charge in [-0.3, -0.25) is 9.59 Å². The Labute approximate surface area is 300 Å². The van der Waals surface area contributed by atoms with E-state index in [1.165, 1.54) is 37.1 Å². The van der Waals surface area contributed by atoms with Crippen LogP contribution in [0.25, 0.3) is 0 Å². The number of anilines is 1. The van der Waals surface area contributed by atoms with Crippen molar-refractivity contribution in [2.45, 2.75) is 58.4 Å². The van der Waals surface area contributed by atoms with Crippen LogP contribution < -0.4 is 15.4 Å². The third-order valence-corrected chi connectivity index (χ3v) is 7.78. The van der Waals surface area contributed by atoms with Crippen LogP contribution in [0.4, 0.5) is 19.3 Å². The zero-order valence-electron chi connectivity index (χ0n) is 29.5. The Morgan fingerprint density at radius 3 is 2.15 bits per heavy atom. The van der Waals surface area contributed by atoms with Gasteiger partial charge in [-0.05, 0) is 99.8 Å². The minimum Gasteiger partial charge on any atom is -0.497 e. The van der Waals surface area contributed by atoms with Crippen molar-refractivity contribution in [1.29, 1.82) is 0 Å². The minimum absolute atomic E-state index is 0.00636. The molecule has 4 N–H and O–H groups in total. The zero-order valence-corrected chi connectivity index (χ0v) is 29.5. The van der Waals surface area contributed by atoms with Gasteiger partial charge in [-0.15, -0.1) is 0 Å². The average Bonchev–Trinajstić information content (AvgIpc) is 3.09. The first-order chi connectivity index (χ1) is 24.6. The van der Waals surface area contributed by atoms with E-state index in [9.17, 15) is 33.5 Å². The third kappa shape index (κ3) is 11.4. The Morgan fingerprint density at radius 1 is 0.846 bits per heavy atom. The molecular weight excluding hydrogens is 674 g/mol. The number of hydrogen-bond donors (Lipinski definition) is 4. The summed E-state index contributed by atoms with van der Waals surface area (Å²) >= 11 is 0. The highest BCUT2D eigenvalue weighted by molar-refractivity contribution is 6.07. The molecule has 0 aliphatic heterocycles. The van der Waals surface area contributed by atoms with E-state index < -0.39 is 47.3 Å². The van der Waals surface area contributed by atoms with E-state index in [1.54, 1.807) is 75.4 Å². The van der Waals surface area contributed by atoms with Gasteiger partial charge in [0, 0.05) is 35.0 Å². The van der Waals surface area contributed by atoms with Crippen molar-refractivity contribution in [2.75, 3.05) is 19.0 Å². The number of aliphatic hydroxyl groups is 1. The highest BCUT2D eigenvalue weighted by Crippen LogP contribution is 2.21. The van der Waals surface area contributed by atoms with Crippen LogP contribution in [0.2, 0.25) is 0 Å². The van der Waals surface area contributed by atoms with E-state index >= 15 is 0 Å². The number of carbonyl (C=O) groups excluding carboxylic acids is 3. The van der Waals surface area contributed by atoms with Crippen LogP contribution in [-0.4, -0.2) is 70.2 Å². The lowest BCUT2D eigenvalue weighted by molar-refractivity contribution is 0.00836. The number of oxime groups is 1.